The number of hydrogen-bond donors (Lipinski definition) is 2. The minimum absolute atomic E-state index is 0.0316. The fraction of sp³-hybridized carbons (Fsp3) is 0.520. The fourth-order valence-electron chi connectivity index (χ4n) is 4.89. The van der Waals surface area contributed by atoms with Gasteiger partial charge in [0, 0.05) is 62.2 Å². The van der Waals surface area contributed by atoms with Crippen LogP contribution in [0, 0.1) is 5.41 Å². The zero-order chi connectivity index (χ0) is 21.5. The Morgan fingerprint density at radius 2 is 1.74 bits per heavy atom. The second-order valence-corrected chi connectivity index (χ2v) is 8.98. The molecule has 6 nitrogen and oxygen atoms in total. The highest BCUT2D eigenvalue weighted by molar-refractivity contribution is 5.94. The van der Waals surface area contributed by atoms with Crippen LogP contribution in [0.4, 0.5) is 11.5 Å². The number of pyridine rings is 1. The third-order valence-corrected chi connectivity index (χ3v) is 6.70. The Morgan fingerprint density at radius 3 is 2.55 bits per heavy atom. The maximum Gasteiger partial charge on any atom is 0.251 e. The Kier molecular flexibility index (Phi) is 7.07. The number of para-hydroxylation sites is 1. The minimum Gasteiger partial charge on any atom is -0.396 e. The van der Waals surface area contributed by atoms with Crippen molar-refractivity contribution in [2.75, 3.05) is 49.1 Å². The molecule has 1 unspecified atom stereocenters. The number of rotatable bonds is 9. The van der Waals surface area contributed by atoms with E-state index in [0.717, 1.165) is 57.7 Å². The van der Waals surface area contributed by atoms with E-state index in [1.165, 1.54) is 18.5 Å². The van der Waals surface area contributed by atoms with E-state index in [9.17, 15) is 4.79 Å². The Balaban J connectivity index is 1.31. The normalized spacial score (nSPS) is 20.5. The molecule has 2 aliphatic rings. The maximum atomic E-state index is 12.5. The van der Waals surface area contributed by atoms with E-state index in [1.54, 1.807) is 12.3 Å². The molecule has 3 heterocycles. The Morgan fingerprint density at radius 1 is 1.00 bits per heavy atom. The lowest BCUT2D eigenvalue weighted by molar-refractivity contribution is 0.0952. The van der Waals surface area contributed by atoms with Crippen molar-refractivity contribution in [3.05, 3.63) is 54.2 Å². The van der Waals surface area contributed by atoms with Gasteiger partial charge >= 0.3 is 0 Å². The molecule has 0 bridgehead atoms. The predicted molar refractivity (Wildman–Crippen MR) is 125 cm³/mol. The first-order valence-corrected chi connectivity index (χ1v) is 11.6. The van der Waals surface area contributed by atoms with Gasteiger partial charge in [-0.1, -0.05) is 31.0 Å². The van der Waals surface area contributed by atoms with Crippen molar-refractivity contribution in [1.82, 2.24) is 10.3 Å². The van der Waals surface area contributed by atoms with Crippen molar-refractivity contribution >= 4 is 17.4 Å². The van der Waals surface area contributed by atoms with Gasteiger partial charge in [0.05, 0.1) is 0 Å². The van der Waals surface area contributed by atoms with Gasteiger partial charge in [-0.2, -0.15) is 0 Å². The highest BCUT2D eigenvalue weighted by Crippen LogP contribution is 2.42. The van der Waals surface area contributed by atoms with Crippen molar-refractivity contribution in [2.24, 2.45) is 5.41 Å². The van der Waals surface area contributed by atoms with Gasteiger partial charge in [0.25, 0.3) is 5.91 Å². The van der Waals surface area contributed by atoms with Gasteiger partial charge < -0.3 is 20.2 Å². The molecule has 4 rings (SSSR count). The number of amides is 1. The topological polar surface area (TPSA) is 68.7 Å². The minimum atomic E-state index is -0.0316. The van der Waals surface area contributed by atoms with Crippen LogP contribution in [0.5, 0.6) is 0 Å². The van der Waals surface area contributed by atoms with Crippen molar-refractivity contribution in [3.63, 3.8) is 0 Å². The van der Waals surface area contributed by atoms with E-state index in [0.29, 0.717) is 17.5 Å². The van der Waals surface area contributed by atoms with Crippen molar-refractivity contribution in [3.8, 4) is 0 Å². The van der Waals surface area contributed by atoms with Crippen molar-refractivity contribution in [2.45, 2.75) is 38.5 Å². The van der Waals surface area contributed by atoms with Gasteiger partial charge in [0.15, 0.2) is 0 Å². The quantitative estimate of drug-likeness (QED) is 0.606. The molecule has 0 aliphatic carbocycles. The molecule has 1 amide bonds. The predicted octanol–water partition coefficient (Wildman–Crippen LogP) is 3.47. The second kappa shape index (κ2) is 10.1. The molecule has 6 heteroatoms. The van der Waals surface area contributed by atoms with Crippen LogP contribution in [-0.4, -0.2) is 55.3 Å². The van der Waals surface area contributed by atoms with E-state index < -0.39 is 0 Å². The molecule has 1 aromatic carbocycles. The van der Waals surface area contributed by atoms with Crippen LogP contribution < -0.4 is 15.1 Å². The first kappa shape index (κ1) is 21.6. The van der Waals surface area contributed by atoms with Crippen molar-refractivity contribution < 1.29 is 9.90 Å². The summed E-state index contributed by atoms with van der Waals surface area (Å²) in [6, 6.07) is 14.4. The molecule has 1 atom stereocenters. The van der Waals surface area contributed by atoms with Crippen LogP contribution in [0.15, 0.2) is 48.7 Å². The number of hydrogen-bond acceptors (Lipinski definition) is 5. The summed E-state index contributed by atoms with van der Waals surface area (Å²) >= 11 is 0. The highest BCUT2D eigenvalue weighted by atomic mass is 16.2. The van der Waals surface area contributed by atoms with Gasteiger partial charge in [-0.3, -0.25) is 4.79 Å². The molecule has 2 aromatic rings. The molecule has 31 heavy (non-hydrogen) atoms. The number of aliphatic hydroxyl groups is 1. The molecule has 166 valence electrons. The summed E-state index contributed by atoms with van der Waals surface area (Å²) in [6.45, 7) is 5.10. The third-order valence-electron chi connectivity index (χ3n) is 6.70. The van der Waals surface area contributed by atoms with Crippen LogP contribution in [0.2, 0.25) is 0 Å². The molecule has 2 saturated heterocycles. The number of unbranched alkanes of at least 4 members (excludes halogenated alkanes) is 3. The van der Waals surface area contributed by atoms with Crippen LogP contribution in [0.1, 0.15) is 48.9 Å². The van der Waals surface area contributed by atoms with Crippen LogP contribution in [0.25, 0.3) is 0 Å². The summed E-state index contributed by atoms with van der Waals surface area (Å²) in [5.41, 5.74) is 2.30. The molecule has 2 N–H and O–H groups in total. The SMILES string of the molecule is O=C(NCCCCCCO)c1ccnc(N2CCC3(CCN(c4ccccc4)C3)C2)c1. The van der Waals surface area contributed by atoms with Crippen LogP contribution in [0.3, 0.4) is 0 Å². The molecule has 1 aromatic heterocycles. The zero-order valence-electron chi connectivity index (χ0n) is 18.3. The summed E-state index contributed by atoms with van der Waals surface area (Å²) < 4.78 is 0. The lowest BCUT2D eigenvalue weighted by Crippen LogP contribution is -2.31. The fourth-order valence-corrected chi connectivity index (χ4v) is 4.89. The molecular formula is C25H34N4O2. The number of benzene rings is 1. The monoisotopic (exact) mass is 422 g/mol. The number of anilines is 2. The zero-order valence-corrected chi connectivity index (χ0v) is 18.3. The van der Waals surface area contributed by atoms with Crippen LogP contribution in [-0.2, 0) is 0 Å². The summed E-state index contributed by atoms with van der Waals surface area (Å²) in [6.07, 6.45) is 7.93. The average molecular weight is 423 g/mol. The van der Waals surface area contributed by atoms with Gasteiger partial charge in [-0.15, -0.1) is 0 Å². The molecule has 2 aliphatic heterocycles. The highest BCUT2D eigenvalue weighted by Gasteiger charge is 2.43. The Hall–Kier alpha value is -2.60. The first-order chi connectivity index (χ1) is 15.2. The third kappa shape index (κ3) is 5.37. The van der Waals surface area contributed by atoms with E-state index in [1.807, 2.05) is 6.07 Å². The van der Waals surface area contributed by atoms with E-state index >= 15 is 0 Å². The summed E-state index contributed by atoms with van der Waals surface area (Å²) in [4.78, 5) is 22.0. The molecule has 1 spiro atoms. The summed E-state index contributed by atoms with van der Waals surface area (Å²) in [7, 11) is 0. The Labute approximate surface area is 185 Å². The van der Waals surface area contributed by atoms with Gasteiger partial charge in [-0.25, -0.2) is 4.98 Å². The van der Waals surface area contributed by atoms with Crippen LogP contribution >= 0.6 is 0 Å². The smallest absolute Gasteiger partial charge is 0.251 e. The van der Waals surface area contributed by atoms with E-state index in [2.05, 4.69) is 50.4 Å². The maximum absolute atomic E-state index is 12.5. The number of nitrogens with zero attached hydrogens (tertiary/aromatic N) is 3. The lowest BCUT2D eigenvalue weighted by atomic mass is 9.86. The lowest BCUT2D eigenvalue weighted by Gasteiger charge is -2.26. The number of carbonyl (C=O) groups excluding carboxylic acids is 1. The number of carbonyl (C=O) groups is 1. The number of nitrogens with one attached hydrogen (secondary N) is 1. The Bertz CT molecular complexity index is 860. The molecule has 2 fully saturated rings. The number of aromatic nitrogens is 1. The summed E-state index contributed by atoms with van der Waals surface area (Å²) in [5.74, 6) is 0.876. The molecular weight excluding hydrogens is 388 g/mol. The molecule has 0 saturated carbocycles. The second-order valence-electron chi connectivity index (χ2n) is 8.98. The average Bonchev–Trinajstić information content (AvgIpc) is 3.43. The van der Waals surface area contributed by atoms with E-state index in [-0.39, 0.29) is 12.5 Å². The van der Waals surface area contributed by atoms with E-state index in [4.69, 9.17) is 5.11 Å². The van der Waals surface area contributed by atoms with Gasteiger partial charge in [-0.05, 0) is 49.9 Å². The standard InChI is InChI=1S/C25H34N4O2/c30-17-7-2-1-6-13-27-24(31)21-10-14-26-23(18-21)29-16-12-25(20-29)11-15-28(19-25)22-8-4-3-5-9-22/h3-5,8-10,14,18,30H,1-2,6-7,11-13,15-17,19-20H2,(H,27,31). The van der Waals surface area contributed by atoms with Crippen molar-refractivity contribution in [1.29, 1.82) is 0 Å². The first-order valence-electron chi connectivity index (χ1n) is 11.6. The van der Waals surface area contributed by atoms with Gasteiger partial charge in [0.1, 0.15) is 5.82 Å². The molecule has 0 radical (unpaired) electrons. The summed E-state index contributed by atoms with van der Waals surface area (Å²) in [5, 5.41) is 11.8. The van der Waals surface area contributed by atoms with Gasteiger partial charge in [0.2, 0.25) is 0 Å². The number of aliphatic hydroxyl groups excluding tert-OH is 1. The largest absolute Gasteiger partial charge is 0.396 e.